The van der Waals surface area contributed by atoms with Crippen LogP contribution in [-0.2, 0) is 11.2 Å². The van der Waals surface area contributed by atoms with E-state index in [1.54, 1.807) is 0 Å². The molecule has 1 atom stereocenters. The van der Waals surface area contributed by atoms with E-state index in [0.717, 1.165) is 12.8 Å². The third-order valence-corrected chi connectivity index (χ3v) is 2.84. The summed E-state index contributed by atoms with van der Waals surface area (Å²) in [4.78, 5) is 11.5. The highest BCUT2D eigenvalue weighted by molar-refractivity contribution is 5.85. The van der Waals surface area contributed by atoms with E-state index in [9.17, 15) is 4.79 Å². The van der Waals surface area contributed by atoms with Gasteiger partial charge in [0.1, 0.15) is 0 Å². The number of hydrogen-bond donors (Lipinski definition) is 2. The molecule has 0 fully saturated rings. The molecule has 108 valence electrons. The Morgan fingerprint density at radius 3 is 2.37 bits per heavy atom. The Kier molecular flexibility index (Phi) is 8.44. The van der Waals surface area contributed by atoms with Gasteiger partial charge in [-0.3, -0.25) is 4.79 Å². The predicted octanol–water partition coefficient (Wildman–Crippen LogP) is 2.51. The number of benzene rings is 1. The van der Waals surface area contributed by atoms with Crippen LogP contribution in [0.25, 0.3) is 0 Å². The molecule has 4 heteroatoms. The van der Waals surface area contributed by atoms with E-state index in [-0.39, 0.29) is 24.4 Å². The van der Waals surface area contributed by atoms with Gasteiger partial charge in [0.05, 0.1) is 0 Å². The summed E-state index contributed by atoms with van der Waals surface area (Å²) in [5.41, 5.74) is 9.43. The molecule has 0 aromatic heterocycles. The molecule has 0 aliphatic carbocycles. The van der Waals surface area contributed by atoms with Crippen molar-refractivity contribution in [3.63, 3.8) is 0 Å². The quantitative estimate of drug-likeness (QED) is 0.843. The van der Waals surface area contributed by atoms with Gasteiger partial charge in [0, 0.05) is 19.0 Å². The Labute approximate surface area is 122 Å². The predicted molar refractivity (Wildman–Crippen MR) is 82.8 cm³/mol. The SMILES string of the molecule is Cc1cc(C)cc(CCNC(=O)CCC(C)N)c1.Cl. The van der Waals surface area contributed by atoms with Crippen molar-refractivity contribution >= 4 is 18.3 Å². The van der Waals surface area contributed by atoms with Crippen molar-refractivity contribution in [3.05, 3.63) is 34.9 Å². The van der Waals surface area contributed by atoms with E-state index < -0.39 is 0 Å². The maximum Gasteiger partial charge on any atom is 0.220 e. The summed E-state index contributed by atoms with van der Waals surface area (Å²) < 4.78 is 0. The Balaban J connectivity index is 0.00000324. The van der Waals surface area contributed by atoms with Gasteiger partial charge in [0.2, 0.25) is 5.91 Å². The highest BCUT2D eigenvalue weighted by Gasteiger charge is 2.03. The van der Waals surface area contributed by atoms with Gasteiger partial charge >= 0.3 is 0 Å². The Morgan fingerprint density at radius 1 is 1.26 bits per heavy atom. The lowest BCUT2D eigenvalue weighted by atomic mass is 10.1. The number of nitrogens with one attached hydrogen (secondary N) is 1. The maximum atomic E-state index is 11.5. The van der Waals surface area contributed by atoms with Crippen molar-refractivity contribution in [1.29, 1.82) is 0 Å². The van der Waals surface area contributed by atoms with Gasteiger partial charge < -0.3 is 11.1 Å². The number of halogens is 1. The molecular weight excluding hydrogens is 260 g/mol. The Hall–Kier alpha value is -1.06. The molecular formula is C15H25ClN2O. The van der Waals surface area contributed by atoms with Crippen LogP contribution in [0.15, 0.2) is 18.2 Å². The van der Waals surface area contributed by atoms with Gasteiger partial charge in [-0.25, -0.2) is 0 Å². The summed E-state index contributed by atoms with van der Waals surface area (Å²) in [5.74, 6) is 0.0941. The van der Waals surface area contributed by atoms with Crippen LogP contribution in [0.3, 0.4) is 0 Å². The molecule has 0 radical (unpaired) electrons. The molecule has 3 N–H and O–H groups in total. The fourth-order valence-electron chi connectivity index (χ4n) is 2.01. The van der Waals surface area contributed by atoms with Gasteiger partial charge in [-0.15, -0.1) is 12.4 Å². The molecule has 1 aromatic rings. The van der Waals surface area contributed by atoms with Crippen molar-refractivity contribution < 1.29 is 4.79 Å². The molecule has 0 heterocycles. The van der Waals surface area contributed by atoms with Gasteiger partial charge in [0.15, 0.2) is 0 Å². The smallest absolute Gasteiger partial charge is 0.220 e. The fourth-order valence-corrected chi connectivity index (χ4v) is 2.01. The number of amides is 1. The zero-order valence-electron chi connectivity index (χ0n) is 12.0. The first kappa shape index (κ1) is 17.9. The van der Waals surface area contributed by atoms with Gasteiger partial charge in [0.25, 0.3) is 0 Å². The maximum absolute atomic E-state index is 11.5. The number of rotatable bonds is 6. The largest absolute Gasteiger partial charge is 0.356 e. The lowest BCUT2D eigenvalue weighted by Gasteiger charge is -2.08. The monoisotopic (exact) mass is 284 g/mol. The van der Waals surface area contributed by atoms with Gasteiger partial charge in [-0.1, -0.05) is 29.3 Å². The standard InChI is InChI=1S/C15H24N2O.ClH/c1-11-8-12(2)10-14(9-11)6-7-17-15(18)5-4-13(3)16;/h8-10,13H,4-7,16H2,1-3H3,(H,17,18);1H. The molecule has 0 saturated heterocycles. The van der Waals surface area contributed by atoms with E-state index in [2.05, 4.69) is 37.4 Å². The second-order valence-electron chi connectivity index (χ2n) is 5.11. The first-order valence-corrected chi connectivity index (χ1v) is 6.57. The van der Waals surface area contributed by atoms with Crippen LogP contribution >= 0.6 is 12.4 Å². The average molecular weight is 285 g/mol. The molecule has 1 aromatic carbocycles. The topological polar surface area (TPSA) is 55.1 Å². The summed E-state index contributed by atoms with van der Waals surface area (Å²) in [5, 5.41) is 2.93. The van der Waals surface area contributed by atoms with E-state index in [0.29, 0.717) is 13.0 Å². The molecule has 1 unspecified atom stereocenters. The molecule has 0 aliphatic heterocycles. The van der Waals surface area contributed by atoms with Crippen LogP contribution in [0.1, 0.15) is 36.5 Å². The highest BCUT2D eigenvalue weighted by atomic mass is 35.5. The second-order valence-corrected chi connectivity index (χ2v) is 5.11. The zero-order valence-corrected chi connectivity index (χ0v) is 12.8. The summed E-state index contributed by atoms with van der Waals surface area (Å²) in [6.07, 6.45) is 2.15. The van der Waals surface area contributed by atoms with Crippen LogP contribution in [0.2, 0.25) is 0 Å². The minimum atomic E-state index is 0. The molecule has 0 aliphatic rings. The fraction of sp³-hybridized carbons (Fsp3) is 0.533. The molecule has 3 nitrogen and oxygen atoms in total. The molecule has 1 rings (SSSR count). The minimum Gasteiger partial charge on any atom is -0.356 e. The summed E-state index contributed by atoms with van der Waals surface area (Å²) in [6, 6.07) is 6.59. The van der Waals surface area contributed by atoms with Gasteiger partial charge in [-0.05, 0) is 39.2 Å². The van der Waals surface area contributed by atoms with Crippen LogP contribution in [0.4, 0.5) is 0 Å². The molecule has 19 heavy (non-hydrogen) atoms. The zero-order chi connectivity index (χ0) is 13.5. The van der Waals surface area contributed by atoms with Crippen LogP contribution in [0.5, 0.6) is 0 Å². The van der Waals surface area contributed by atoms with Crippen molar-refractivity contribution in [3.8, 4) is 0 Å². The average Bonchev–Trinajstić information content (AvgIpc) is 2.25. The lowest BCUT2D eigenvalue weighted by Crippen LogP contribution is -2.27. The summed E-state index contributed by atoms with van der Waals surface area (Å²) in [6.45, 7) is 6.80. The van der Waals surface area contributed by atoms with Crippen molar-refractivity contribution in [2.75, 3.05) is 6.54 Å². The van der Waals surface area contributed by atoms with Crippen LogP contribution in [-0.4, -0.2) is 18.5 Å². The van der Waals surface area contributed by atoms with Crippen LogP contribution < -0.4 is 11.1 Å². The van der Waals surface area contributed by atoms with Crippen LogP contribution in [0, 0.1) is 13.8 Å². The molecule has 0 bridgehead atoms. The number of carbonyl (C=O) groups excluding carboxylic acids is 1. The lowest BCUT2D eigenvalue weighted by molar-refractivity contribution is -0.121. The van der Waals surface area contributed by atoms with E-state index in [1.807, 2.05) is 6.92 Å². The van der Waals surface area contributed by atoms with Crippen molar-refractivity contribution in [2.45, 2.75) is 46.1 Å². The Morgan fingerprint density at radius 2 is 1.84 bits per heavy atom. The third kappa shape index (κ3) is 7.85. The normalized spacial score (nSPS) is 11.6. The third-order valence-electron chi connectivity index (χ3n) is 2.84. The molecule has 1 amide bonds. The van der Waals surface area contributed by atoms with E-state index >= 15 is 0 Å². The number of aryl methyl sites for hydroxylation is 2. The summed E-state index contributed by atoms with van der Waals surface area (Å²) in [7, 11) is 0. The number of nitrogens with two attached hydrogens (primary N) is 1. The minimum absolute atomic E-state index is 0. The molecule has 0 spiro atoms. The number of hydrogen-bond acceptors (Lipinski definition) is 2. The number of carbonyl (C=O) groups is 1. The van der Waals surface area contributed by atoms with Crippen molar-refractivity contribution in [2.24, 2.45) is 5.73 Å². The van der Waals surface area contributed by atoms with E-state index in [1.165, 1.54) is 16.7 Å². The van der Waals surface area contributed by atoms with E-state index in [4.69, 9.17) is 5.73 Å². The first-order valence-electron chi connectivity index (χ1n) is 6.57. The highest BCUT2D eigenvalue weighted by Crippen LogP contribution is 2.09. The molecule has 0 saturated carbocycles. The Bertz CT molecular complexity index is 385. The van der Waals surface area contributed by atoms with Gasteiger partial charge in [-0.2, -0.15) is 0 Å². The summed E-state index contributed by atoms with van der Waals surface area (Å²) >= 11 is 0. The first-order chi connectivity index (χ1) is 8.47. The second kappa shape index (κ2) is 8.94. The van der Waals surface area contributed by atoms with Crippen molar-refractivity contribution in [1.82, 2.24) is 5.32 Å².